The van der Waals surface area contributed by atoms with Gasteiger partial charge >= 0.3 is 5.97 Å². The molecule has 0 bridgehead atoms. The second-order valence-electron chi connectivity index (χ2n) is 9.65. The summed E-state index contributed by atoms with van der Waals surface area (Å²) in [5.41, 5.74) is 3.08. The number of carbonyl (C=O) groups is 1. The van der Waals surface area contributed by atoms with Crippen LogP contribution < -0.4 is 10.3 Å². The summed E-state index contributed by atoms with van der Waals surface area (Å²) in [6.45, 7) is 8.26. The molecule has 7 nitrogen and oxygen atoms in total. The Morgan fingerprint density at radius 2 is 1.91 bits per heavy atom. The van der Waals surface area contributed by atoms with Crippen LogP contribution in [0.15, 0.2) is 35.1 Å². The molecular formula is C27H31NO6. The Morgan fingerprint density at radius 1 is 1.18 bits per heavy atom. The van der Waals surface area contributed by atoms with Crippen molar-refractivity contribution in [2.75, 3.05) is 13.7 Å². The van der Waals surface area contributed by atoms with Gasteiger partial charge in [-0.15, -0.1) is 0 Å². The molecule has 2 heterocycles. The van der Waals surface area contributed by atoms with Gasteiger partial charge in [-0.3, -0.25) is 4.79 Å². The van der Waals surface area contributed by atoms with E-state index in [4.69, 9.17) is 14.2 Å². The average Bonchev–Trinajstić information content (AvgIpc) is 2.80. The summed E-state index contributed by atoms with van der Waals surface area (Å²) in [7, 11) is 2.92. The number of carbonyl (C=O) groups excluding carboxylic acids is 1. The first kappa shape index (κ1) is 23.8. The number of methoxy groups -OCH3 is 1. The summed E-state index contributed by atoms with van der Waals surface area (Å²) in [6, 6.07) is 8.62. The van der Waals surface area contributed by atoms with E-state index in [9.17, 15) is 14.7 Å². The lowest BCUT2D eigenvalue weighted by molar-refractivity contribution is -0.165. The highest BCUT2D eigenvalue weighted by Crippen LogP contribution is 2.42. The first-order chi connectivity index (χ1) is 16.0. The molecule has 1 aromatic heterocycles. The highest BCUT2D eigenvalue weighted by molar-refractivity contribution is 6.00. The van der Waals surface area contributed by atoms with Gasteiger partial charge in [-0.2, -0.15) is 0 Å². The van der Waals surface area contributed by atoms with Gasteiger partial charge in [-0.1, -0.05) is 6.07 Å². The average molecular weight is 466 g/mol. The number of esters is 1. The van der Waals surface area contributed by atoms with E-state index in [0.29, 0.717) is 28.6 Å². The minimum Gasteiger partial charge on any atom is -0.508 e. The van der Waals surface area contributed by atoms with Crippen LogP contribution in [-0.2, 0) is 27.7 Å². The van der Waals surface area contributed by atoms with Crippen molar-refractivity contribution in [3.63, 3.8) is 0 Å². The summed E-state index contributed by atoms with van der Waals surface area (Å²) >= 11 is 0. The molecule has 1 atom stereocenters. The third-order valence-electron chi connectivity index (χ3n) is 6.21. The number of hydrogen-bond donors (Lipinski definition) is 1. The summed E-state index contributed by atoms with van der Waals surface area (Å²) in [4.78, 5) is 26.4. The van der Waals surface area contributed by atoms with Crippen LogP contribution in [0.2, 0.25) is 0 Å². The second kappa shape index (κ2) is 8.80. The van der Waals surface area contributed by atoms with Crippen molar-refractivity contribution in [2.45, 2.75) is 52.2 Å². The Balaban J connectivity index is 2.14. The number of benzene rings is 2. The van der Waals surface area contributed by atoms with E-state index in [0.717, 1.165) is 35.3 Å². The normalized spacial score (nSPS) is 14.4. The first-order valence-corrected chi connectivity index (χ1v) is 11.4. The van der Waals surface area contributed by atoms with Crippen molar-refractivity contribution in [1.82, 2.24) is 4.57 Å². The Bertz CT molecular complexity index is 1330. The summed E-state index contributed by atoms with van der Waals surface area (Å²) in [5.74, 6) is 0.258. The lowest BCUT2D eigenvalue weighted by Gasteiger charge is -2.30. The molecule has 180 valence electrons. The van der Waals surface area contributed by atoms with Gasteiger partial charge in [0.1, 0.15) is 11.5 Å². The molecule has 0 amide bonds. The minimum absolute atomic E-state index is 0.00526. The minimum atomic E-state index is -1.14. The highest BCUT2D eigenvalue weighted by atomic mass is 16.6. The van der Waals surface area contributed by atoms with Crippen LogP contribution in [0.5, 0.6) is 11.5 Å². The van der Waals surface area contributed by atoms with Gasteiger partial charge in [0.2, 0.25) is 0 Å². The fraction of sp³-hybridized carbons (Fsp3) is 0.407. The van der Waals surface area contributed by atoms with Gasteiger partial charge in [0.25, 0.3) is 5.56 Å². The van der Waals surface area contributed by atoms with E-state index in [1.165, 1.54) is 17.7 Å². The molecule has 0 saturated carbocycles. The van der Waals surface area contributed by atoms with Crippen molar-refractivity contribution in [2.24, 2.45) is 7.05 Å². The maximum atomic E-state index is 13.4. The fourth-order valence-electron chi connectivity index (χ4n) is 4.67. The SMILES string of the molecule is COC(=O)C(OC(C)(C)C)c1c(-c2ccc3c(c2C)CCCO3)c2ccc(O)cc2c(=O)n1C. The van der Waals surface area contributed by atoms with Crippen molar-refractivity contribution in [3.05, 3.63) is 57.5 Å². The van der Waals surface area contributed by atoms with Crippen LogP contribution >= 0.6 is 0 Å². The zero-order chi connectivity index (χ0) is 24.8. The number of aromatic nitrogens is 1. The number of ether oxygens (including phenoxy) is 3. The zero-order valence-corrected chi connectivity index (χ0v) is 20.5. The molecular weight excluding hydrogens is 434 g/mol. The third-order valence-corrected chi connectivity index (χ3v) is 6.21. The highest BCUT2D eigenvalue weighted by Gasteiger charge is 2.34. The number of nitrogens with zero attached hydrogens (tertiary/aromatic N) is 1. The van der Waals surface area contributed by atoms with Crippen LogP contribution in [0.25, 0.3) is 21.9 Å². The smallest absolute Gasteiger partial charge is 0.341 e. The second-order valence-corrected chi connectivity index (χ2v) is 9.65. The van der Waals surface area contributed by atoms with Crippen molar-refractivity contribution < 1.29 is 24.1 Å². The molecule has 7 heteroatoms. The molecule has 1 aliphatic heterocycles. The predicted molar refractivity (Wildman–Crippen MR) is 130 cm³/mol. The quantitative estimate of drug-likeness (QED) is 0.568. The molecule has 34 heavy (non-hydrogen) atoms. The number of aromatic hydroxyl groups is 1. The molecule has 1 unspecified atom stereocenters. The zero-order valence-electron chi connectivity index (χ0n) is 20.5. The fourth-order valence-corrected chi connectivity index (χ4v) is 4.67. The number of phenols is 1. The Morgan fingerprint density at radius 3 is 2.59 bits per heavy atom. The maximum Gasteiger partial charge on any atom is 0.341 e. The van der Waals surface area contributed by atoms with E-state index in [2.05, 4.69) is 0 Å². The molecule has 0 aliphatic carbocycles. The van der Waals surface area contributed by atoms with E-state index in [1.54, 1.807) is 19.2 Å². The van der Waals surface area contributed by atoms with Gasteiger partial charge < -0.3 is 23.9 Å². The molecule has 2 aromatic carbocycles. The number of pyridine rings is 1. The summed E-state index contributed by atoms with van der Waals surface area (Å²) in [6.07, 6.45) is 0.667. The van der Waals surface area contributed by atoms with Gasteiger partial charge in [-0.05, 0) is 86.9 Å². The van der Waals surface area contributed by atoms with E-state index in [1.807, 2.05) is 39.8 Å². The summed E-state index contributed by atoms with van der Waals surface area (Å²) in [5, 5.41) is 11.1. The van der Waals surface area contributed by atoms with Gasteiger partial charge in [0.05, 0.1) is 30.4 Å². The summed E-state index contributed by atoms with van der Waals surface area (Å²) < 4.78 is 18.6. The Kier molecular flexibility index (Phi) is 6.16. The number of rotatable bonds is 4. The van der Waals surface area contributed by atoms with Crippen LogP contribution in [0, 0.1) is 6.92 Å². The predicted octanol–water partition coefficient (Wildman–Crippen LogP) is 4.57. The van der Waals surface area contributed by atoms with E-state index in [-0.39, 0.29) is 11.3 Å². The standard InChI is InChI=1S/C27H31NO6/c1-15-17-8-7-13-33-21(17)12-11-18(15)22-19-10-9-16(29)14-20(19)25(30)28(5)23(22)24(26(31)32-6)34-27(2,3)4/h9-12,14,24,29H,7-8,13H2,1-6H3. The van der Waals surface area contributed by atoms with Gasteiger partial charge in [0.15, 0.2) is 6.10 Å². The molecule has 0 radical (unpaired) electrons. The van der Waals surface area contributed by atoms with Crippen molar-refractivity contribution in [1.29, 1.82) is 0 Å². The monoisotopic (exact) mass is 465 g/mol. The van der Waals surface area contributed by atoms with Crippen molar-refractivity contribution in [3.8, 4) is 22.6 Å². The number of hydrogen-bond acceptors (Lipinski definition) is 6. The van der Waals surface area contributed by atoms with Crippen LogP contribution in [0.4, 0.5) is 0 Å². The van der Waals surface area contributed by atoms with E-state index >= 15 is 0 Å². The Hall–Kier alpha value is -3.32. The molecule has 4 rings (SSSR count). The van der Waals surface area contributed by atoms with Gasteiger partial charge in [0, 0.05) is 12.6 Å². The lowest BCUT2D eigenvalue weighted by Crippen LogP contribution is -2.33. The maximum absolute atomic E-state index is 13.4. The largest absolute Gasteiger partial charge is 0.508 e. The molecule has 0 spiro atoms. The van der Waals surface area contributed by atoms with Gasteiger partial charge in [-0.25, -0.2) is 4.79 Å². The number of phenolic OH excluding ortho intramolecular Hbond substituents is 1. The molecule has 1 N–H and O–H groups in total. The van der Waals surface area contributed by atoms with Crippen LogP contribution in [-0.4, -0.2) is 35.0 Å². The Labute approximate surface area is 198 Å². The van der Waals surface area contributed by atoms with E-state index < -0.39 is 17.7 Å². The molecule has 0 saturated heterocycles. The first-order valence-electron chi connectivity index (χ1n) is 11.4. The number of fused-ring (bicyclic) bond motifs is 2. The van der Waals surface area contributed by atoms with Crippen LogP contribution in [0.1, 0.15) is 50.1 Å². The molecule has 3 aromatic rings. The van der Waals surface area contributed by atoms with Crippen LogP contribution in [0.3, 0.4) is 0 Å². The molecule has 1 aliphatic rings. The topological polar surface area (TPSA) is 87.0 Å². The lowest BCUT2D eigenvalue weighted by atomic mass is 9.88. The van der Waals surface area contributed by atoms with Crippen molar-refractivity contribution >= 4 is 16.7 Å². The third kappa shape index (κ3) is 4.16. The molecule has 0 fully saturated rings.